The largest absolute Gasteiger partial charge is 1.00 e. The Bertz CT molecular complexity index is 278. The Morgan fingerprint density at radius 1 is 1.75 bits per heavy atom. The summed E-state index contributed by atoms with van der Waals surface area (Å²) in [6.07, 6.45) is 1.79. The van der Waals surface area contributed by atoms with Gasteiger partial charge in [0.1, 0.15) is 0 Å². The van der Waals surface area contributed by atoms with Crippen LogP contribution in [0.1, 0.15) is 6.42 Å². The topological polar surface area (TPSA) is 60.4 Å². The van der Waals surface area contributed by atoms with Gasteiger partial charge in [0.2, 0.25) is 5.91 Å². The van der Waals surface area contributed by atoms with Crippen molar-refractivity contribution in [1.82, 2.24) is 4.90 Å². The van der Waals surface area contributed by atoms with Gasteiger partial charge < -0.3 is 14.8 Å². The first-order valence-corrected chi connectivity index (χ1v) is 3.97. The summed E-state index contributed by atoms with van der Waals surface area (Å²) in [6, 6.07) is 0. The van der Waals surface area contributed by atoms with E-state index in [1.54, 1.807) is 0 Å². The summed E-state index contributed by atoms with van der Waals surface area (Å²) >= 11 is 1.18. The molecule has 58 valence electrons. The summed E-state index contributed by atoms with van der Waals surface area (Å²) in [4.78, 5) is 22.6. The number of carboxylic acid groups (broad SMARTS) is 1. The van der Waals surface area contributed by atoms with Gasteiger partial charge >= 0.3 is 29.6 Å². The molecule has 0 unspecified atom stereocenters. The van der Waals surface area contributed by atoms with E-state index in [9.17, 15) is 14.7 Å². The number of β-lactam (4-membered cyclic amide) rings is 1. The number of thioether (sulfide) groups is 1. The maximum atomic E-state index is 10.7. The van der Waals surface area contributed by atoms with E-state index in [0.29, 0.717) is 6.42 Å². The zero-order chi connectivity index (χ0) is 8.01. The SMILES string of the molecule is O=C([O-])C1=CN2C(=O)C[C@H]2S1.[Na+]. The summed E-state index contributed by atoms with van der Waals surface area (Å²) in [5.41, 5.74) is 0. The van der Waals surface area contributed by atoms with Crippen molar-refractivity contribution < 1.29 is 44.3 Å². The number of aliphatic carboxylic acids is 1. The standard InChI is InChI=1S/C6H5NO3S.Na/c8-4-1-5-7(4)2-3(11-5)6(9)10;/h2,5H,1H2,(H,9,10);/q;+1/p-1/t5-;/m1./s1. The minimum absolute atomic E-state index is 0. The molecular weight excluding hydrogens is 189 g/mol. The molecule has 0 N–H and O–H groups in total. The molecule has 2 heterocycles. The molecule has 1 amide bonds. The number of fused-ring (bicyclic) bond motifs is 1. The van der Waals surface area contributed by atoms with Crippen LogP contribution in [-0.4, -0.2) is 22.2 Å². The van der Waals surface area contributed by atoms with Crippen LogP contribution in [-0.2, 0) is 9.59 Å². The van der Waals surface area contributed by atoms with E-state index in [1.807, 2.05) is 0 Å². The molecule has 2 rings (SSSR count). The van der Waals surface area contributed by atoms with Gasteiger partial charge in [-0.1, -0.05) is 11.8 Å². The Hall–Kier alpha value is 0.0300. The predicted molar refractivity (Wildman–Crippen MR) is 35.9 cm³/mol. The maximum Gasteiger partial charge on any atom is 1.00 e. The number of carbonyl (C=O) groups excluding carboxylic acids is 2. The number of carboxylic acids is 1. The van der Waals surface area contributed by atoms with Crippen LogP contribution in [0.5, 0.6) is 0 Å². The summed E-state index contributed by atoms with van der Waals surface area (Å²) in [7, 11) is 0. The first-order valence-electron chi connectivity index (χ1n) is 3.09. The van der Waals surface area contributed by atoms with Gasteiger partial charge in [-0.3, -0.25) is 4.79 Å². The van der Waals surface area contributed by atoms with Crippen molar-refractivity contribution in [3.63, 3.8) is 0 Å². The van der Waals surface area contributed by atoms with E-state index >= 15 is 0 Å². The van der Waals surface area contributed by atoms with Crippen molar-refractivity contribution in [2.24, 2.45) is 0 Å². The zero-order valence-corrected chi connectivity index (χ0v) is 9.26. The Balaban J connectivity index is 0.000000720. The van der Waals surface area contributed by atoms with Gasteiger partial charge in [0.15, 0.2) is 0 Å². The summed E-state index contributed by atoms with van der Waals surface area (Å²) < 4.78 is 0. The number of nitrogens with zero attached hydrogens (tertiary/aromatic N) is 1. The Morgan fingerprint density at radius 3 is 2.83 bits per heavy atom. The van der Waals surface area contributed by atoms with Crippen molar-refractivity contribution >= 4 is 23.6 Å². The van der Waals surface area contributed by atoms with Gasteiger partial charge in [0.05, 0.1) is 17.8 Å². The molecule has 1 atom stereocenters. The minimum atomic E-state index is -1.20. The van der Waals surface area contributed by atoms with Crippen molar-refractivity contribution in [3.8, 4) is 0 Å². The fraction of sp³-hybridized carbons (Fsp3) is 0.333. The third kappa shape index (κ3) is 1.42. The molecule has 0 bridgehead atoms. The van der Waals surface area contributed by atoms with Crippen LogP contribution in [0.3, 0.4) is 0 Å². The molecule has 6 heteroatoms. The van der Waals surface area contributed by atoms with E-state index in [1.165, 1.54) is 22.9 Å². The van der Waals surface area contributed by atoms with E-state index in [0.717, 1.165) is 0 Å². The smallest absolute Gasteiger partial charge is 0.544 e. The third-order valence-corrected chi connectivity index (χ3v) is 2.86. The summed E-state index contributed by atoms with van der Waals surface area (Å²) in [5, 5.41) is 10.3. The van der Waals surface area contributed by atoms with Crippen molar-refractivity contribution in [2.75, 3.05) is 0 Å². The summed E-state index contributed by atoms with van der Waals surface area (Å²) in [6.45, 7) is 0. The second-order valence-corrected chi connectivity index (χ2v) is 3.58. The fourth-order valence-corrected chi connectivity index (χ4v) is 2.14. The fourth-order valence-electron chi connectivity index (χ4n) is 1.06. The summed E-state index contributed by atoms with van der Waals surface area (Å²) in [5.74, 6) is -1.21. The van der Waals surface area contributed by atoms with Crippen LogP contribution >= 0.6 is 11.8 Å². The van der Waals surface area contributed by atoms with Gasteiger partial charge in [0.25, 0.3) is 0 Å². The van der Waals surface area contributed by atoms with Gasteiger partial charge in [0, 0.05) is 11.1 Å². The number of hydrogen-bond donors (Lipinski definition) is 0. The molecule has 2 aliphatic heterocycles. The molecule has 1 fully saturated rings. The van der Waals surface area contributed by atoms with Crippen LogP contribution in [0, 0.1) is 0 Å². The van der Waals surface area contributed by atoms with Crippen molar-refractivity contribution in [1.29, 1.82) is 0 Å². The second-order valence-electron chi connectivity index (χ2n) is 2.36. The van der Waals surface area contributed by atoms with Gasteiger partial charge in [-0.15, -0.1) is 0 Å². The van der Waals surface area contributed by atoms with E-state index in [2.05, 4.69) is 0 Å². The number of hydrogen-bond acceptors (Lipinski definition) is 4. The molecule has 1 saturated heterocycles. The van der Waals surface area contributed by atoms with Crippen LogP contribution in [0.25, 0.3) is 0 Å². The Labute approximate surface area is 95.3 Å². The molecule has 0 saturated carbocycles. The van der Waals surface area contributed by atoms with Gasteiger partial charge in [-0.2, -0.15) is 0 Å². The first kappa shape index (κ1) is 10.1. The predicted octanol–water partition coefficient (Wildman–Crippen LogP) is -4.11. The average molecular weight is 193 g/mol. The van der Waals surface area contributed by atoms with Crippen molar-refractivity contribution in [2.45, 2.75) is 11.8 Å². The number of amides is 1. The van der Waals surface area contributed by atoms with Gasteiger partial charge in [-0.25, -0.2) is 0 Å². The molecule has 2 aliphatic rings. The molecular formula is C6H4NNaO3S. The molecule has 12 heavy (non-hydrogen) atoms. The molecule has 0 aromatic heterocycles. The molecule has 4 nitrogen and oxygen atoms in total. The molecule has 0 aliphatic carbocycles. The molecule has 0 aromatic rings. The van der Waals surface area contributed by atoms with Crippen molar-refractivity contribution in [3.05, 3.63) is 11.1 Å². The van der Waals surface area contributed by atoms with E-state index in [4.69, 9.17) is 0 Å². The van der Waals surface area contributed by atoms with Crippen LogP contribution in [0.4, 0.5) is 0 Å². The monoisotopic (exact) mass is 193 g/mol. The van der Waals surface area contributed by atoms with Crippen LogP contribution in [0.15, 0.2) is 11.1 Å². The maximum absolute atomic E-state index is 10.7. The molecule has 0 spiro atoms. The van der Waals surface area contributed by atoms with E-state index < -0.39 is 5.97 Å². The first-order chi connectivity index (χ1) is 5.18. The minimum Gasteiger partial charge on any atom is -0.544 e. The average Bonchev–Trinajstić information content (AvgIpc) is 2.26. The van der Waals surface area contributed by atoms with Crippen LogP contribution in [0.2, 0.25) is 0 Å². The normalized spacial score (nSPS) is 25.3. The third-order valence-electron chi connectivity index (χ3n) is 1.67. The molecule has 0 aromatic carbocycles. The quantitative estimate of drug-likeness (QED) is 0.313. The Morgan fingerprint density at radius 2 is 2.42 bits per heavy atom. The second kappa shape index (κ2) is 3.41. The Kier molecular flexibility index (Phi) is 2.88. The number of carbonyl (C=O) groups is 2. The molecule has 0 radical (unpaired) electrons. The van der Waals surface area contributed by atoms with Gasteiger partial charge in [-0.05, 0) is 0 Å². The number of rotatable bonds is 1. The van der Waals surface area contributed by atoms with E-state index in [-0.39, 0.29) is 45.7 Å². The van der Waals surface area contributed by atoms with Crippen LogP contribution < -0.4 is 34.7 Å². The zero-order valence-electron chi connectivity index (χ0n) is 6.44.